The molecule has 2 aromatic carbocycles. The molecule has 194 valence electrons. The Bertz CT molecular complexity index is 1100. The number of rotatable bonds is 6. The highest BCUT2D eigenvalue weighted by Gasteiger charge is 2.56. The molecule has 0 unspecified atom stereocenters. The Morgan fingerprint density at radius 1 is 0.914 bits per heavy atom. The number of carbonyl (C=O) groups is 1. The molecular weight excluding hydrogens is 542 g/mol. The van der Waals surface area contributed by atoms with Crippen LogP contribution in [0, 0.1) is 0 Å². The van der Waals surface area contributed by atoms with Gasteiger partial charge in [0.1, 0.15) is 0 Å². The predicted octanol–water partition coefficient (Wildman–Crippen LogP) is 6.53. The summed E-state index contributed by atoms with van der Waals surface area (Å²) >= 11 is 11.0. The van der Waals surface area contributed by atoms with Gasteiger partial charge in [-0.05, 0) is 35.4 Å². The molecule has 2 rings (SSSR count). The van der Waals surface area contributed by atoms with Gasteiger partial charge in [-0.2, -0.15) is 39.5 Å². The molecule has 0 saturated heterocycles. The van der Waals surface area contributed by atoms with Crippen molar-refractivity contribution in [3.8, 4) is 0 Å². The molecule has 15 heteroatoms. The van der Waals surface area contributed by atoms with Gasteiger partial charge in [-0.3, -0.25) is 4.79 Å². The van der Waals surface area contributed by atoms with Crippen molar-refractivity contribution in [3.63, 3.8) is 0 Å². The third-order valence-electron chi connectivity index (χ3n) is 4.77. The SMILES string of the molecule is CC(=O)NCc1ccc(NC[C@@](O)(c2cc(Cl)c(Cl)c(C(F)(F)F)c2)C(F)(F)F)cc1C(F)(F)F. The van der Waals surface area contributed by atoms with Crippen molar-refractivity contribution in [2.45, 2.75) is 37.6 Å². The summed E-state index contributed by atoms with van der Waals surface area (Å²) in [5.74, 6) is -0.629. The molecular formula is C20H15Cl2F9N2O2. The molecule has 4 nitrogen and oxygen atoms in total. The summed E-state index contributed by atoms with van der Waals surface area (Å²) in [6.45, 7) is -1.04. The van der Waals surface area contributed by atoms with Gasteiger partial charge in [-0.1, -0.05) is 29.3 Å². The number of hydrogen-bond donors (Lipinski definition) is 3. The zero-order valence-corrected chi connectivity index (χ0v) is 18.8. The van der Waals surface area contributed by atoms with Gasteiger partial charge < -0.3 is 15.7 Å². The van der Waals surface area contributed by atoms with Crippen molar-refractivity contribution in [1.82, 2.24) is 5.32 Å². The highest BCUT2D eigenvalue weighted by molar-refractivity contribution is 6.42. The number of aliphatic hydroxyl groups is 1. The molecule has 2 aromatic rings. The van der Waals surface area contributed by atoms with Gasteiger partial charge in [-0.25, -0.2) is 0 Å². The molecule has 3 N–H and O–H groups in total. The minimum Gasteiger partial charge on any atom is -0.381 e. The largest absolute Gasteiger partial charge is 0.423 e. The van der Waals surface area contributed by atoms with E-state index in [4.69, 9.17) is 23.2 Å². The van der Waals surface area contributed by atoms with Crippen LogP contribution in [0.4, 0.5) is 45.2 Å². The van der Waals surface area contributed by atoms with E-state index in [1.807, 2.05) is 5.32 Å². The molecule has 0 heterocycles. The van der Waals surface area contributed by atoms with Gasteiger partial charge in [0.15, 0.2) is 0 Å². The fourth-order valence-corrected chi connectivity index (χ4v) is 3.39. The first-order valence-corrected chi connectivity index (χ1v) is 10.1. The molecule has 0 radical (unpaired) electrons. The molecule has 0 bridgehead atoms. The Morgan fingerprint density at radius 2 is 1.49 bits per heavy atom. The Morgan fingerprint density at radius 3 is 1.97 bits per heavy atom. The number of hydrogen-bond acceptors (Lipinski definition) is 3. The molecule has 0 aliphatic rings. The van der Waals surface area contributed by atoms with Crippen molar-refractivity contribution in [2.75, 3.05) is 11.9 Å². The van der Waals surface area contributed by atoms with Crippen LogP contribution >= 0.6 is 23.2 Å². The van der Waals surface area contributed by atoms with E-state index in [1.54, 1.807) is 0 Å². The first kappa shape index (κ1) is 28.9. The number of anilines is 1. The molecule has 1 amide bonds. The van der Waals surface area contributed by atoms with E-state index >= 15 is 0 Å². The van der Waals surface area contributed by atoms with E-state index in [0.717, 1.165) is 19.1 Å². The summed E-state index contributed by atoms with van der Waals surface area (Å²) in [5, 5.41) is 12.5. The average Bonchev–Trinajstić information content (AvgIpc) is 2.70. The number of halogens is 11. The molecule has 0 fully saturated rings. The Kier molecular flexibility index (Phi) is 8.19. The van der Waals surface area contributed by atoms with Gasteiger partial charge in [0.25, 0.3) is 0 Å². The first-order valence-electron chi connectivity index (χ1n) is 9.31. The summed E-state index contributed by atoms with van der Waals surface area (Å²) in [4.78, 5) is 11.0. The third kappa shape index (κ3) is 6.64. The predicted molar refractivity (Wildman–Crippen MR) is 109 cm³/mol. The molecule has 0 spiro atoms. The van der Waals surface area contributed by atoms with Gasteiger partial charge in [-0.15, -0.1) is 0 Å². The zero-order valence-electron chi connectivity index (χ0n) is 17.3. The minimum absolute atomic E-state index is 0.0406. The minimum atomic E-state index is -5.59. The van der Waals surface area contributed by atoms with E-state index in [-0.39, 0.29) is 6.07 Å². The van der Waals surface area contributed by atoms with Gasteiger partial charge >= 0.3 is 18.5 Å². The van der Waals surface area contributed by atoms with E-state index in [1.165, 1.54) is 0 Å². The lowest BCUT2D eigenvalue weighted by molar-refractivity contribution is -0.260. The van der Waals surface area contributed by atoms with E-state index in [2.05, 4.69) is 5.32 Å². The zero-order chi connectivity index (χ0) is 27.0. The topological polar surface area (TPSA) is 61.4 Å². The fraction of sp³-hybridized carbons (Fsp3) is 0.350. The lowest BCUT2D eigenvalue weighted by Gasteiger charge is -2.32. The maximum Gasteiger partial charge on any atom is 0.423 e. The summed E-state index contributed by atoms with van der Waals surface area (Å²) in [7, 11) is 0. The molecule has 0 aliphatic carbocycles. The maximum atomic E-state index is 13.8. The van der Waals surface area contributed by atoms with Crippen molar-refractivity contribution >= 4 is 34.8 Å². The van der Waals surface area contributed by atoms with E-state index < -0.39 is 81.1 Å². The lowest BCUT2D eigenvalue weighted by atomic mass is 9.91. The Balaban J connectivity index is 2.49. The van der Waals surface area contributed by atoms with Gasteiger partial charge in [0, 0.05) is 19.2 Å². The summed E-state index contributed by atoms with van der Waals surface area (Å²) in [5.41, 5.74) is -9.32. The van der Waals surface area contributed by atoms with Crippen LogP contribution in [0.15, 0.2) is 30.3 Å². The van der Waals surface area contributed by atoms with Crippen LogP contribution in [0.1, 0.15) is 29.2 Å². The Labute approximate surface area is 202 Å². The quantitative estimate of drug-likeness (QED) is 0.354. The Hall–Kier alpha value is -2.38. The van der Waals surface area contributed by atoms with Crippen LogP contribution < -0.4 is 10.6 Å². The first-order chi connectivity index (χ1) is 15.8. The number of nitrogens with one attached hydrogen (secondary N) is 2. The standard InChI is InChI=1S/C20H15Cl2F9N2O2/c1-9(34)32-7-10-2-3-12(6-13(10)18(23,24)25)33-8-17(35,20(29,30)31)11-4-14(19(26,27)28)16(22)15(21)5-11/h2-6,33,35H,7-8H2,1H3,(H,32,34)/t17-/m1/s1. The van der Waals surface area contributed by atoms with Crippen LogP contribution in [-0.2, 0) is 29.3 Å². The second-order valence-corrected chi connectivity index (χ2v) is 8.09. The van der Waals surface area contributed by atoms with Gasteiger partial charge in [0.2, 0.25) is 11.5 Å². The maximum absolute atomic E-state index is 13.8. The molecule has 0 saturated carbocycles. The van der Waals surface area contributed by atoms with E-state index in [9.17, 15) is 49.4 Å². The second-order valence-electron chi connectivity index (χ2n) is 7.31. The molecule has 0 aromatic heterocycles. The molecule has 1 atom stereocenters. The summed E-state index contributed by atoms with van der Waals surface area (Å²) in [6.07, 6.45) is -15.8. The monoisotopic (exact) mass is 556 g/mol. The van der Waals surface area contributed by atoms with Crippen molar-refractivity contribution < 1.29 is 49.4 Å². The van der Waals surface area contributed by atoms with Crippen LogP contribution in [0.25, 0.3) is 0 Å². The van der Waals surface area contributed by atoms with Crippen molar-refractivity contribution in [2.24, 2.45) is 0 Å². The van der Waals surface area contributed by atoms with Crippen LogP contribution in [0.5, 0.6) is 0 Å². The van der Waals surface area contributed by atoms with Gasteiger partial charge in [0.05, 0.1) is 27.7 Å². The number of amides is 1. The summed E-state index contributed by atoms with van der Waals surface area (Å²) < 4.78 is 121. The molecule has 0 aliphatic heterocycles. The van der Waals surface area contributed by atoms with Crippen molar-refractivity contribution in [1.29, 1.82) is 0 Å². The van der Waals surface area contributed by atoms with Crippen LogP contribution in [-0.4, -0.2) is 23.7 Å². The average molecular weight is 557 g/mol. The van der Waals surface area contributed by atoms with Crippen LogP contribution in [0.3, 0.4) is 0 Å². The normalized spacial score (nSPS) is 14.4. The van der Waals surface area contributed by atoms with Crippen LogP contribution in [0.2, 0.25) is 10.0 Å². The number of benzene rings is 2. The lowest BCUT2D eigenvalue weighted by Crippen LogP contribution is -2.48. The fourth-order valence-electron chi connectivity index (χ4n) is 2.95. The number of carbonyl (C=O) groups excluding carboxylic acids is 1. The smallest absolute Gasteiger partial charge is 0.381 e. The third-order valence-corrected chi connectivity index (χ3v) is 5.57. The highest BCUT2D eigenvalue weighted by atomic mass is 35.5. The highest BCUT2D eigenvalue weighted by Crippen LogP contribution is 2.45. The summed E-state index contributed by atoms with van der Waals surface area (Å²) in [6, 6.07) is 2.60. The molecule has 35 heavy (non-hydrogen) atoms. The van der Waals surface area contributed by atoms with Crippen molar-refractivity contribution in [3.05, 3.63) is 62.6 Å². The van der Waals surface area contributed by atoms with E-state index in [0.29, 0.717) is 12.1 Å². The number of alkyl halides is 9. The second kappa shape index (κ2) is 9.94.